The van der Waals surface area contributed by atoms with Gasteiger partial charge in [0.1, 0.15) is 0 Å². The summed E-state index contributed by atoms with van der Waals surface area (Å²) in [7, 11) is 1.84. The van der Waals surface area contributed by atoms with Crippen molar-refractivity contribution in [1.82, 2.24) is 4.90 Å². The van der Waals surface area contributed by atoms with Gasteiger partial charge in [-0.1, -0.05) is 6.08 Å². The second-order valence-corrected chi connectivity index (χ2v) is 3.88. The topological polar surface area (TPSA) is 20.3 Å². The third-order valence-electron chi connectivity index (χ3n) is 2.50. The van der Waals surface area contributed by atoms with Crippen LogP contribution in [0.4, 0.5) is 0 Å². The third kappa shape index (κ3) is 1.08. The molecule has 64 valence electrons. The zero-order valence-electron chi connectivity index (χ0n) is 6.95. The quantitative estimate of drug-likeness (QED) is 0.562. The van der Waals surface area contributed by atoms with Crippen molar-refractivity contribution in [1.29, 1.82) is 0 Å². The summed E-state index contributed by atoms with van der Waals surface area (Å²) in [5, 5.41) is 0. The Bertz CT molecular complexity index is 291. The van der Waals surface area contributed by atoms with Crippen LogP contribution in [0.3, 0.4) is 0 Å². The van der Waals surface area contributed by atoms with Crippen LogP contribution in [0.15, 0.2) is 22.8 Å². The first-order valence-electron chi connectivity index (χ1n) is 4.05. The van der Waals surface area contributed by atoms with Gasteiger partial charge in [-0.2, -0.15) is 0 Å². The zero-order chi connectivity index (χ0) is 8.72. The van der Waals surface area contributed by atoms with Gasteiger partial charge in [0.15, 0.2) is 0 Å². The predicted octanol–water partition coefficient (Wildman–Crippen LogP) is 1.57. The van der Waals surface area contributed by atoms with E-state index in [1.807, 2.05) is 19.2 Å². The Hall–Kier alpha value is -0.700. The Labute approximate surface area is 77.3 Å². The van der Waals surface area contributed by atoms with Crippen molar-refractivity contribution >= 4 is 18.5 Å². The van der Waals surface area contributed by atoms with Gasteiger partial charge >= 0.3 is 0 Å². The van der Waals surface area contributed by atoms with E-state index >= 15 is 0 Å². The van der Waals surface area contributed by atoms with E-state index < -0.39 is 0 Å². The van der Waals surface area contributed by atoms with Crippen molar-refractivity contribution in [3.8, 4) is 0 Å². The first-order chi connectivity index (χ1) is 5.68. The lowest BCUT2D eigenvalue weighted by molar-refractivity contribution is -0.125. The minimum atomic E-state index is 0.225. The molecule has 0 N–H and O–H groups in total. The fraction of sp³-hybridized carbons (Fsp3) is 0.444. The molecule has 2 nitrogen and oxygen atoms in total. The molecule has 0 aromatic heterocycles. The highest BCUT2D eigenvalue weighted by atomic mass is 32.1. The van der Waals surface area contributed by atoms with Gasteiger partial charge in [-0.3, -0.25) is 4.79 Å². The second kappa shape index (κ2) is 2.66. The highest BCUT2D eigenvalue weighted by Gasteiger charge is 2.33. The van der Waals surface area contributed by atoms with Crippen LogP contribution in [0.2, 0.25) is 0 Å². The van der Waals surface area contributed by atoms with Crippen LogP contribution in [0, 0.1) is 5.92 Å². The Balaban J connectivity index is 2.31. The molecule has 0 spiro atoms. The number of allylic oxidation sites excluding steroid dienone is 4. The standard InChI is InChI=1S/C9H11NOS/c1-10-8-3-2-7(12)4-6(8)5-9(10)11/h2-3,6,12H,4-5H2,1H3. The van der Waals surface area contributed by atoms with Gasteiger partial charge in [0.25, 0.3) is 0 Å². The van der Waals surface area contributed by atoms with Gasteiger partial charge in [-0.15, -0.1) is 12.6 Å². The Kier molecular flexibility index (Phi) is 1.76. The largest absolute Gasteiger partial charge is 0.319 e. The molecule has 3 heteroatoms. The maximum absolute atomic E-state index is 11.3. The lowest BCUT2D eigenvalue weighted by Crippen LogP contribution is -2.18. The molecule has 1 unspecified atom stereocenters. The molecule has 1 aliphatic carbocycles. The van der Waals surface area contributed by atoms with Crippen molar-refractivity contribution in [2.24, 2.45) is 5.92 Å². The van der Waals surface area contributed by atoms with Crippen LogP contribution in [0.25, 0.3) is 0 Å². The lowest BCUT2D eigenvalue weighted by Gasteiger charge is -2.18. The van der Waals surface area contributed by atoms with Crippen molar-refractivity contribution in [3.63, 3.8) is 0 Å². The summed E-state index contributed by atoms with van der Waals surface area (Å²) in [5.74, 6) is 0.614. The van der Waals surface area contributed by atoms with Gasteiger partial charge in [0, 0.05) is 25.1 Å². The lowest BCUT2D eigenvalue weighted by atomic mass is 9.97. The number of rotatable bonds is 0. The number of carbonyl (C=O) groups is 1. The summed E-state index contributed by atoms with van der Waals surface area (Å²) in [5.41, 5.74) is 1.15. The molecule has 1 saturated heterocycles. The molecule has 0 radical (unpaired) electrons. The zero-order valence-corrected chi connectivity index (χ0v) is 7.84. The van der Waals surface area contributed by atoms with Gasteiger partial charge in [-0.05, 0) is 17.4 Å². The molecule has 0 bridgehead atoms. The molecule has 1 aliphatic heterocycles. The highest BCUT2D eigenvalue weighted by molar-refractivity contribution is 7.84. The molecule has 2 rings (SSSR count). The van der Waals surface area contributed by atoms with Crippen LogP contribution in [0.1, 0.15) is 12.8 Å². The number of nitrogens with zero attached hydrogens (tertiary/aromatic N) is 1. The van der Waals surface area contributed by atoms with E-state index in [-0.39, 0.29) is 5.91 Å². The van der Waals surface area contributed by atoms with Crippen molar-refractivity contribution in [3.05, 3.63) is 22.8 Å². The fourth-order valence-corrected chi connectivity index (χ4v) is 2.09. The van der Waals surface area contributed by atoms with E-state index in [0.717, 1.165) is 17.0 Å². The molecule has 0 aromatic carbocycles. The molecule has 1 atom stereocenters. The summed E-state index contributed by atoms with van der Waals surface area (Å²) in [6.07, 6.45) is 5.55. The number of hydrogen-bond donors (Lipinski definition) is 1. The first kappa shape index (κ1) is 7.92. The molecular weight excluding hydrogens is 170 g/mol. The molecule has 0 aromatic rings. The van der Waals surface area contributed by atoms with Gasteiger partial charge in [0.2, 0.25) is 5.91 Å². The van der Waals surface area contributed by atoms with E-state index in [4.69, 9.17) is 0 Å². The fourth-order valence-electron chi connectivity index (χ4n) is 1.80. The highest BCUT2D eigenvalue weighted by Crippen LogP contribution is 2.36. The molecular formula is C9H11NOS. The minimum Gasteiger partial charge on any atom is -0.319 e. The van der Waals surface area contributed by atoms with Crippen LogP contribution >= 0.6 is 12.6 Å². The summed E-state index contributed by atoms with van der Waals surface area (Å²) < 4.78 is 0. The number of fused-ring (bicyclic) bond motifs is 1. The summed E-state index contributed by atoms with van der Waals surface area (Å²) in [4.78, 5) is 14.1. The third-order valence-corrected chi connectivity index (χ3v) is 2.83. The van der Waals surface area contributed by atoms with Crippen molar-refractivity contribution in [2.45, 2.75) is 12.8 Å². The second-order valence-electron chi connectivity index (χ2n) is 3.31. The molecule has 1 amide bonds. The molecule has 12 heavy (non-hydrogen) atoms. The Morgan fingerprint density at radius 3 is 3.00 bits per heavy atom. The number of thiol groups is 1. The summed E-state index contributed by atoms with van der Waals surface area (Å²) in [6, 6.07) is 0. The van der Waals surface area contributed by atoms with E-state index in [9.17, 15) is 4.79 Å². The minimum absolute atomic E-state index is 0.225. The summed E-state index contributed by atoms with van der Waals surface area (Å²) >= 11 is 4.29. The van der Waals surface area contributed by atoms with E-state index in [1.54, 1.807) is 4.90 Å². The van der Waals surface area contributed by atoms with Gasteiger partial charge in [-0.25, -0.2) is 0 Å². The van der Waals surface area contributed by atoms with Crippen molar-refractivity contribution < 1.29 is 4.79 Å². The predicted molar refractivity (Wildman–Crippen MR) is 50.6 cm³/mol. The van der Waals surface area contributed by atoms with Crippen LogP contribution in [-0.2, 0) is 4.79 Å². The normalized spacial score (nSPS) is 28.3. The van der Waals surface area contributed by atoms with E-state index in [0.29, 0.717) is 12.3 Å². The van der Waals surface area contributed by atoms with Crippen LogP contribution in [-0.4, -0.2) is 17.9 Å². The molecule has 1 fully saturated rings. The van der Waals surface area contributed by atoms with E-state index in [1.165, 1.54) is 0 Å². The average molecular weight is 181 g/mol. The monoisotopic (exact) mass is 181 g/mol. The number of amides is 1. The molecule has 1 heterocycles. The molecule has 0 saturated carbocycles. The Morgan fingerprint density at radius 2 is 2.25 bits per heavy atom. The average Bonchev–Trinajstić information content (AvgIpc) is 2.28. The Morgan fingerprint density at radius 1 is 1.50 bits per heavy atom. The number of likely N-dealkylation sites (tertiary alicyclic amines) is 1. The molecule has 2 aliphatic rings. The number of carbonyl (C=O) groups excluding carboxylic acids is 1. The van der Waals surface area contributed by atoms with Crippen molar-refractivity contribution in [2.75, 3.05) is 7.05 Å². The maximum atomic E-state index is 11.3. The SMILES string of the molecule is CN1C(=O)CC2CC(S)=CC=C21. The van der Waals surface area contributed by atoms with E-state index in [2.05, 4.69) is 12.6 Å². The van der Waals surface area contributed by atoms with Gasteiger partial charge < -0.3 is 4.90 Å². The first-order valence-corrected chi connectivity index (χ1v) is 4.49. The van der Waals surface area contributed by atoms with Crippen LogP contribution < -0.4 is 0 Å². The smallest absolute Gasteiger partial charge is 0.227 e. The maximum Gasteiger partial charge on any atom is 0.227 e. The summed E-state index contributed by atoms with van der Waals surface area (Å²) in [6.45, 7) is 0. The van der Waals surface area contributed by atoms with Crippen LogP contribution in [0.5, 0.6) is 0 Å². The van der Waals surface area contributed by atoms with Gasteiger partial charge in [0.05, 0.1) is 0 Å². The number of hydrogen-bond acceptors (Lipinski definition) is 2.